The van der Waals surface area contributed by atoms with Crippen LogP contribution in [0.2, 0.25) is 0 Å². The molecule has 0 aromatic heterocycles. The summed E-state index contributed by atoms with van der Waals surface area (Å²) in [6.07, 6.45) is -0.588. The lowest BCUT2D eigenvalue weighted by Crippen LogP contribution is -2.45. The van der Waals surface area contributed by atoms with Crippen LogP contribution in [0.4, 0.5) is 14.4 Å². The van der Waals surface area contributed by atoms with Gasteiger partial charge in [-0.1, -0.05) is 24.8 Å². The molecular weight excluding hydrogens is 538 g/mol. The van der Waals surface area contributed by atoms with E-state index in [1.165, 1.54) is 18.2 Å². The van der Waals surface area contributed by atoms with Crippen molar-refractivity contribution in [2.75, 3.05) is 13.2 Å². The highest BCUT2D eigenvalue weighted by Crippen LogP contribution is 2.15. The molecule has 13 nitrogen and oxygen atoms in total. The normalized spacial score (nSPS) is 12.6. The van der Waals surface area contributed by atoms with Crippen LogP contribution >= 0.6 is 0 Å². The third-order valence-electron chi connectivity index (χ3n) is 4.82. The zero-order valence-corrected chi connectivity index (χ0v) is 24.4. The Labute approximate surface area is 239 Å². The molecule has 0 saturated heterocycles. The van der Waals surface area contributed by atoms with E-state index in [1.807, 2.05) is 0 Å². The van der Waals surface area contributed by atoms with Crippen molar-refractivity contribution in [3.8, 4) is 5.75 Å². The van der Waals surface area contributed by atoms with E-state index >= 15 is 0 Å². The van der Waals surface area contributed by atoms with Gasteiger partial charge in [0.1, 0.15) is 35.6 Å². The molecule has 2 atom stereocenters. The van der Waals surface area contributed by atoms with Crippen LogP contribution in [0.3, 0.4) is 0 Å². The van der Waals surface area contributed by atoms with E-state index in [0.29, 0.717) is 5.56 Å². The molecule has 1 aromatic carbocycles. The molecule has 3 amide bonds. The molecule has 0 aliphatic heterocycles. The highest BCUT2D eigenvalue weighted by atomic mass is 16.6. The van der Waals surface area contributed by atoms with Crippen molar-refractivity contribution in [3.05, 3.63) is 42.5 Å². The van der Waals surface area contributed by atoms with Crippen LogP contribution in [0.1, 0.15) is 59.9 Å². The lowest BCUT2D eigenvalue weighted by molar-refractivity contribution is -0.145. The maximum Gasteiger partial charge on any atom is 0.412 e. The van der Waals surface area contributed by atoms with Gasteiger partial charge < -0.3 is 40.0 Å². The van der Waals surface area contributed by atoms with Crippen LogP contribution < -0.4 is 20.7 Å². The fourth-order valence-electron chi connectivity index (χ4n) is 3.16. The van der Waals surface area contributed by atoms with Gasteiger partial charge in [0.15, 0.2) is 0 Å². The summed E-state index contributed by atoms with van der Waals surface area (Å²) in [6, 6.07) is 4.05. The van der Waals surface area contributed by atoms with Gasteiger partial charge >= 0.3 is 30.2 Å². The SMILES string of the molecule is C=CCOC(=O)C(Cc1ccc(OC(=O)NCCCC(NC(=O)OC(C)(C)C)C(=O)O)cc1)NC(=O)OC(C)(C)C. The Morgan fingerprint density at radius 2 is 1.41 bits per heavy atom. The number of nitrogens with one attached hydrogen (secondary N) is 3. The van der Waals surface area contributed by atoms with Gasteiger partial charge in [-0.2, -0.15) is 0 Å². The van der Waals surface area contributed by atoms with Crippen molar-refractivity contribution in [1.29, 1.82) is 0 Å². The highest BCUT2D eigenvalue weighted by Gasteiger charge is 2.26. The number of esters is 1. The third kappa shape index (κ3) is 15.8. The molecule has 228 valence electrons. The number of aliphatic carboxylic acids is 1. The van der Waals surface area contributed by atoms with Gasteiger partial charge in [0.05, 0.1) is 0 Å². The average molecular weight is 580 g/mol. The second-order valence-electron chi connectivity index (χ2n) is 11.0. The molecule has 0 radical (unpaired) electrons. The van der Waals surface area contributed by atoms with Crippen molar-refractivity contribution < 1.29 is 48.0 Å². The molecular formula is C28H41N3O10. The van der Waals surface area contributed by atoms with Crippen molar-refractivity contribution in [3.63, 3.8) is 0 Å². The summed E-state index contributed by atoms with van der Waals surface area (Å²) in [5.74, 6) is -1.68. The first-order chi connectivity index (χ1) is 19.0. The van der Waals surface area contributed by atoms with Crippen LogP contribution in [-0.4, -0.2) is 71.8 Å². The molecule has 1 rings (SSSR count). The first-order valence-corrected chi connectivity index (χ1v) is 13.0. The van der Waals surface area contributed by atoms with E-state index in [-0.39, 0.29) is 38.2 Å². The van der Waals surface area contributed by atoms with E-state index in [2.05, 4.69) is 22.5 Å². The quantitative estimate of drug-likeness (QED) is 0.117. The molecule has 0 aliphatic rings. The monoisotopic (exact) mass is 579 g/mol. The van der Waals surface area contributed by atoms with E-state index in [0.717, 1.165) is 0 Å². The van der Waals surface area contributed by atoms with Gasteiger partial charge in [-0.05, 0) is 72.1 Å². The van der Waals surface area contributed by atoms with Crippen molar-refractivity contribution in [1.82, 2.24) is 16.0 Å². The molecule has 41 heavy (non-hydrogen) atoms. The number of carbonyl (C=O) groups is 5. The summed E-state index contributed by atoms with van der Waals surface area (Å²) in [5.41, 5.74) is -0.882. The van der Waals surface area contributed by atoms with Crippen LogP contribution in [0.15, 0.2) is 36.9 Å². The highest BCUT2D eigenvalue weighted by molar-refractivity contribution is 5.82. The zero-order valence-electron chi connectivity index (χ0n) is 24.4. The number of ether oxygens (including phenoxy) is 4. The van der Waals surface area contributed by atoms with Gasteiger partial charge in [-0.15, -0.1) is 0 Å². The molecule has 0 aliphatic carbocycles. The molecule has 2 unspecified atom stereocenters. The predicted molar refractivity (Wildman–Crippen MR) is 149 cm³/mol. The summed E-state index contributed by atoms with van der Waals surface area (Å²) < 4.78 is 20.6. The summed E-state index contributed by atoms with van der Waals surface area (Å²) in [7, 11) is 0. The van der Waals surface area contributed by atoms with Crippen molar-refractivity contribution in [2.24, 2.45) is 0 Å². The number of hydrogen-bond donors (Lipinski definition) is 4. The van der Waals surface area contributed by atoms with E-state index in [1.54, 1.807) is 53.7 Å². The number of benzene rings is 1. The number of alkyl carbamates (subject to hydrolysis) is 2. The molecule has 4 N–H and O–H groups in total. The van der Waals surface area contributed by atoms with Gasteiger partial charge in [-0.25, -0.2) is 24.0 Å². The molecule has 0 heterocycles. The molecule has 0 spiro atoms. The summed E-state index contributed by atoms with van der Waals surface area (Å²) >= 11 is 0. The number of rotatable bonds is 13. The minimum Gasteiger partial charge on any atom is -0.480 e. The molecule has 13 heteroatoms. The zero-order chi connectivity index (χ0) is 31.2. The van der Waals surface area contributed by atoms with Crippen LogP contribution in [-0.2, 0) is 30.2 Å². The Hall–Kier alpha value is -4.29. The average Bonchev–Trinajstić information content (AvgIpc) is 2.82. The number of carbonyl (C=O) groups excluding carboxylic acids is 4. The fraction of sp³-hybridized carbons (Fsp3) is 0.536. The molecule has 0 saturated carbocycles. The number of carboxylic acid groups (broad SMARTS) is 1. The van der Waals surface area contributed by atoms with Crippen molar-refractivity contribution >= 4 is 30.2 Å². The lowest BCUT2D eigenvalue weighted by atomic mass is 10.1. The van der Waals surface area contributed by atoms with E-state index in [9.17, 15) is 29.1 Å². The van der Waals surface area contributed by atoms with Gasteiger partial charge in [0.2, 0.25) is 0 Å². The summed E-state index contributed by atoms with van der Waals surface area (Å²) in [6.45, 7) is 13.6. The minimum atomic E-state index is -1.23. The van der Waals surface area contributed by atoms with E-state index < -0.39 is 53.5 Å². The molecule has 1 aromatic rings. The van der Waals surface area contributed by atoms with Crippen LogP contribution in [0, 0.1) is 0 Å². The standard InChI is InChI=1S/C28H41N3O10/c1-8-16-38-23(34)21(31-26(37)41-28(5,6)7)17-18-11-13-19(14-12-18)39-24(35)29-15-9-10-20(22(32)33)30-25(36)40-27(2,3)4/h8,11-14,20-21H,1,9-10,15-17H2,2-7H3,(H,29,35)(H,30,36)(H,31,37)(H,32,33). The van der Waals surface area contributed by atoms with Gasteiger partial charge in [0.25, 0.3) is 0 Å². The third-order valence-corrected chi connectivity index (χ3v) is 4.82. The Bertz CT molecular complexity index is 1060. The predicted octanol–water partition coefficient (Wildman–Crippen LogP) is 3.70. The van der Waals surface area contributed by atoms with Gasteiger partial charge in [-0.3, -0.25) is 0 Å². The second kappa shape index (κ2) is 16.1. The van der Waals surface area contributed by atoms with Crippen molar-refractivity contribution in [2.45, 2.75) is 84.1 Å². The number of carboxylic acids is 1. The Morgan fingerprint density at radius 3 is 1.90 bits per heavy atom. The number of amides is 3. The maximum atomic E-state index is 12.5. The summed E-state index contributed by atoms with van der Waals surface area (Å²) in [4.78, 5) is 60.1. The topological polar surface area (TPSA) is 179 Å². The first kappa shape index (κ1) is 34.7. The largest absolute Gasteiger partial charge is 0.480 e. The summed E-state index contributed by atoms with van der Waals surface area (Å²) in [5, 5.41) is 16.6. The Morgan fingerprint density at radius 1 is 0.878 bits per heavy atom. The van der Waals surface area contributed by atoms with Crippen LogP contribution in [0.25, 0.3) is 0 Å². The lowest BCUT2D eigenvalue weighted by Gasteiger charge is -2.23. The fourth-order valence-corrected chi connectivity index (χ4v) is 3.16. The molecule has 0 fully saturated rings. The molecule has 0 bridgehead atoms. The Kier molecular flexibility index (Phi) is 13.6. The Balaban J connectivity index is 2.62. The first-order valence-electron chi connectivity index (χ1n) is 13.0. The smallest absolute Gasteiger partial charge is 0.412 e. The van der Waals surface area contributed by atoms with E-state index in [4.69, 9.17) is 18.9 Å². The number of hydrogen-bond acceptors (Lipinski definition) is 9. The van der Waals surface area contributed by atoms with Crippen LogP contribution in [0.5, 0.6) is 5.75 Å². The van der Waals surface area contributed by atoms with Gasteiger partial charge in [0, 0.05) is 13.0 Å². The second-order valence-corrected chi connectivity index (χ2v) is 11.0. The maximum absolute atomic E-state index is 12.5. The minimum absolute atomic E-state index is 0.0234.